The van der Waals surface area contributed by atoms with Crippen LogP contribution in [0.25, 0.3) is 0 Å². The quantitative estimate of drug-likeness (QED) is 0.104. The molecule has 1 aliphatic carbocycles. The van der Waals surface area contributed by atoms with Crippen molar-refractivity contribution in [3.8, 4) is 5.75 Å². The first-order chi connectivity index (χ1) is 24.3. The second-order valence-electron chi connectivity index (χ2n) is 14.7. The van der Waals surface area contributed by atoms with Crippen LogP contribution >= 0.6 is 0 Å². The number of ether oxygens (including phenoxy) is 1. The SMILES string of the molecule is CC(C)(C)[Si](OC[C@H]1C[C@@H]2C(=O)N(c3cccc([N+](=O)[O-])c3)C(=O)[C@@H]2[C@@H]2C[C@@H](c3ccc(O)c(F)c3)O[C@]12O)(c1ccccc1)c1ccccc1. The molecule has 2 heterocycles. The van der Waals surface area contributed by atoms with Crippen LogP contribution in [0.3, 0.4) is 0 Å². The molecule has 2 saturated heterocycles. The van der Waals surface area contributed by atoms with Gasteiger partial charge in [-0.05, 0) is 52.0 Å². The Bertz CT molecular complexity index is 1950. The lowest BCUT2D eigenvalue weighted by atomic mass is 9.64. The van der Waals surface area contributed by atoms with E-state index in [1.807, 2.05) is 36.4 Å². The number of hydrogen-bond donors (Lipinski definition) is 2. The Balaban J connectivity index is 1.31. The van der Waals surface area contributed by atoms with Gasteiger partial charge in [0.2, 0.25) is 11.8 Å². The zero-order valence-electron chi connectivity index (χ0n) is 28.4. The van der Waals surface area contributed by atoms with Crippen LogP contribution in [0.4, 0.5) is 15.8 Å². The van der Waals surface area contributed by atoms with Crippen LogP contribution in [0.2, 0.25) is 5.04 Å². The fourth-order valence-corrected chi connectivity index (χ4v) is 13.2. The number of carbonyl (C=O) groups is 2. The third-order valence-electron chi connectivity index (χ3n) is 10.9. The molecule has 0 bridgehead atoms. The van der Waals surface area contributed by atoms with Crippen molar-refractivity contribution in [2.24, 2.45) is 23.7 Å². The highest BCUT2D eigenvalue weighted by molar-refractivity contribution is 6.99. The molecule has 0 spiro atoms. The van der Waals surface area contributed by atoms with E-state index in [0.29, 0.717) is 5.56 Å². The molecule has 0 radical (unpaired) electrons. The Hall–Kier alpha value is -4.75. The Morgan fingerprint density at radius 3 is 2.18 bits per heavy atom. The predicted molar refractivity (Wildman–Crippen MR) is 189 cm³/mol. The fourth-order valence-electron chi connectivity index (χ4n) is 8.59. The van der Waals surface area contributed by atoms with Gasteiger partial charge in [0.1, 0.15) is 0 Å². The first kappa shape index (κ1) is 34.7. The third kappa shape index (κ3) is 5.66. The van der Waals surface area contributed by atoms with Crippen LogP contribution in [0.1, 0.15) is 45.3 Å². The minimum Gasteiger partial charge on any atom is -0.505 e. The Morgan fingerprint density at radius 2 is 1.59 bits per heavy atom. The number of phenols is 1. The molecule has 4 aromatic carbocycles. The fraction of sp³-hybridized carbons (Fsp3) is 0.333. The summed E-state index contributed by atoms with van der Waals surface area (Å²) in [7, 11) is -3.12. The highest BCUT2D eigenvalue weighted by atomic mass is 28.4. The smallest absolute Gasteiger partial charge is 0.271 e. The lowest BCUT2D eigenvalue weighted by Gasteiger charge is -2.48. The molecule has 6 atom stereocenters. The largest absolute Gasteiger partial charge is 0.505 e. The summed E-state index contributed by atoms with van der Waals surface area (Å²) in [5.41, 5.74) is 0.173. The summed E-state index contributed by atoms with van der Waals surface area (Å²) < 4.78 is 28.3. The maximum Gasteiger partial charge on any atom is 0.271 e. The molecule has 10 nitrogen and oxygen atoms in total. The molecule has 2 aliphatic heterocycles. The first-order valence-electron chi connectivity index (χ1n) is 17.0. The Morgan fingerprint density at radius 1 is 0.941 bits per heavy atom. The molecule has 12 heteroatoms. The molecule has 0 unspecified atom stereocenters. The van der Waals surface area contributed by atoms with Crippen molar-refractivity contribution in [3.05, 3.63) is 125 Å². The summed E-state index contributed by atoms with van der Waals surface area (Å²) in [5, 5.41) is 35.8. The standard InChI is InChI=1S/C39H39FN2O8Si/c1-38(2,3)51(28-13-6-4-7-14-28,29-15-8-5-9-16-29)49-23-25-20-30-35(37(45)41(36(30)44)26-11-10-12-27(21-26)42(47)48)31-22-34(50-39(25,31)46)24-17-18-33(43)32(40)19-24/h4-19,21,25,30-31,34-35,43,46H,20,22-23H2,1-3H3/t25-,30+,31+,34+,35+,39-/m1/s1. The van der Waals surface area contributed by atoms with E-state index >= 15 is 0 Å². The van der Waals surface area contributed by atoms with E-state index in [1.165, 1.54) is 36.4 Å². The summed E-state index contributed by atoms with van der Waals surface area (Å²) in [6.45, 7) is 6.38. The maximum absolute atomic E-state index is 14.6. The number of aliphatic hydroxyl groups is 1. The summed E-state index contributed by atoms with van der Waals surface area (Å²) in [6.07, 6.45) is -0.735. The molecule has 2 amide bonds. The summed E-state index contributed by atoms with van der Waals surface area (Å²) >= 11 is 0. The van der Waals surface area contributed by atoms with Crippen LogP contribution in [0.5, 0.6) is 5.75 Å². The lowest BCUT2D eigenvalue weighted by Crippen LogP contribution is -2.67. The van der Waals surface area contributed by atoms with Gasteiger partial charge in [-0.3, -0.25) is 19.7 Å². The van der Waals surface area contributed by atoms with Gasteiger partial charge in [-0.25, -0.2) is 9.29 Å². The number of amides is 2. The van der Waals surface area contributed by atoms with Crippen LogP contribution in [-0.2, 0) is 18.8 Å². The van der Waals surface area contributed by atoms with E-state index in [-0.39, 0.29) is 30.8 Å². The molecule has 1 saturated carbocycles. The number of non-ortho nitro benzene ring substituents is 1. The normalized spacial score (nSPS) is 26.2. The van der Waals surface area contributed by atoms with E-state index in [4.69, 9.17) is 9.16 Å². The number of rotatable bonds is 8. The van der Waals surface area contributed by atoms with E-state index in [2.05, 4.69) is 45.0 Å². The Kier molecular flexibility index (Phi) is 8.69. The van der Waals surface area contributed by atoms with Crippen molar-refractivity contribution < 1.29 is 38.3 Å². The monoisotopic (exact) mass is 710 g/mol. The van der Waals surface area contributed by atoms with Gasteiger partial charge in [0.15, 0.2) is 17.4 Å². The van der Waals surface area contributed by atoms with E-state index < -0.39 is 77.2 Å². The highest BCUT2D eigenvalue weighted by Crippen LogP contribution is 2.59. The number of carbonyl (C=O) groups excluding carboxylic acids is 2. The number of hydrogen-bond acceptors (Lipinski definition) is 8. The molecule has 0 aromatic heterocycles. The van der Waals surface area contributed by atoms with E-state index in [1.54, 1.807) is 0 Å². The third-order valence-corrected chi connectivity index (χ3v) is 15.9. The zero-order valence-corrected chi connectivity index (χ0v) is 29.4. The highest BCUT2D eigenvalue weighted by Gasteiger charge is 2.67. The van der Waals surface area contributed by atoms with Gasteiger partial charge in [-0.15, -0.1) is 0 Å². The molecule has 7 rings (SSSR count). The van der Waals surface area contributed by atoms with Crippen molar-refractivity contribution in [2.75, 3.05) is 11.5 Å². The first-order valence-corrected chi connectivity index (χ1v) is 18.9. The van der Waals surface area contributed by atoms with Gasteiger partial charge in [0.25, 0.3) is 14.0 Å². The van der Waals surface area contributed by atoms with Crippen LogP contribution in [0.15, 0.2) is 103 Å². The second kappa shape index (κ2) is 12.8. The number of benzene rings is 4. The average Bonchev–Trinajstić information content (AvgIpc) is 3.59. The molecule has 3 aliphatic rings. The number of halogens is 1. The van der Waals surface area contributed by atoms with E-state index in [9.17, 15) is 34.3 Å². The van der Waals surface area contributed by atoms with Crippen molar-refractivity contribution >= 4 is 41.9 Å². The van der Waals surface area contributed by atoms with Crippen molar-refractivity contribution in [1.29, 1.82) is 0 Å². The van der Waals surface area contributed by atoms with Gasteiger partial charge >= 0.3 is 0 Å². The van der Waals surface area contributed by atoms with E-state index in [0.717, 1.165) is 21.3 Å². The zero-order chi connectivity index (χ0) is 36.3. The molecule has 4 aromatic rings. The average molecular weight is 711 g/mol. The van der Waals surface area contributed by atoms with Crippen molar-refractivity contribution in [2.45, 2.75) is 50.5 Å². The second-order valence-corrected chi connectivity index (χ2v) is 19.0. The number of nitrogens with zero attached hydrogens (tertiary/aromatic N) is 2. The van der Waals surface area contributed by atoms with Crippen LogP contribution < -0.4 is 15.3 Å². The molecule has 264 valence electrons. The Labute approximate surface area is 295 Å². The van der Waals surface area contributed by atoms with Crippen molar-refractivity contribution in [1.82, 2.24) is 0 Å². The number of nitro groups is 1. The minimum absolute atomic E-state index is 0.0154. The number of aromatic hydroxyl groups is 1. The topological polar surface area (TPSA) is 139 Å². The lowest BCUT2D eigenvalue weighted by molar-refractivity contribution is -0.384. The number of imide groups is 1. The summed E-state index contributed by atoms with van der Waals surface area (Å²) in [6, 6.07) is 29.2. The van der Waals surface area contributed by atoms with Crippen LogP contribution in [0, 0.1) is 39.6 Å². The van der Waals surface area contributed by atoms with Gasteiger partial charge in [0, 0.05) is 30.6 Å². The summed E-state index contributed by atoms with van der Waals surface area (Å²) in [4.78, 5) is 40.4. The van der Waals surface area contributed by atoms with Gasteiger partial charge < -0.3 is 19.4 Å². The number of nitro benzene ring substituents is 1. The summed E-state index contributed by atoms with van der Waals surface area (Å²) in [5.74, 6) is -8.00. The molecular formula is C39H39FN2O8Si. The predicted octanol–water partition coefficient (Wildman–Crippen LogP) is 5.61. The molecule has 51 heavy (non-hydrogen) atoms. The number of anilines is 1. The molecule has 2 N–H and O–H groups in total. The number of fused-ring (bicyclic) bond motifs is 3. The van der Waals surface area contributed by atoms with Crippen LogP contribution in [-0.4, -0.2) is 47.7 Å². The minimum atomic E-state index is -3.12. The van der Waals surface area contributed by atoms with Gasteiger partial charge in [0.05, 0.1) is 28.6 Å². The molecular weight excluding hydrogens is 672 g/mol. The van der Waals surface area contributed by atoms with Crippen molar-refractivity contribution in [3.63, 3.8) is 0 Å². The maximum atomic E-state index is 14.6. The van der Waals surface area contributed by atoms with Gasteiger partial charge in [-0.2, -0.15) is 0 Å². The number of phenolic OH excluding ortho intramolecular Hbond substituents is 1. The van der Waals surface area contributed by atoms with Gasteiger partial charge in [-0.1, -0.05) is 93.6 Å². The molecule has 3 fully saturated rings.